The van der Waals surface area contributed by atoms with Gasteiger partial charge < -0.3 is 34.5 Å². The highest BCUT2D eigenvalue weighted by atomic mass is 32.2. The third kappa shape index (κ3) is 7.64. The summed E-state index contributed by atoms with van der Waals surface area (Å²) < 4.78 is 49.7. The fourth-order valence-electron chi connectivity index (χ4n) is 6.77. The molecule has 3 heterocycles. The summed E-state index contributed by atoms with van der Waals surface area (Å²) in [6.07, 6.45) is -0.117. The van der Waals surface area contributed by atoms with Gasteiger partial charge in [-0.3, -0.25) is 24.0 Å². The highest BCUT2D eigenvalue weighted by Crippen LogP contribution is 2.46. The number of hydrogen-bond donors (Lipinski definition) is 3. The second-order valence-electron chi connectivity index (χ2n) is 16.2. The Bertz CT molecular complexity index is 1770. The second-order valence-corrected chi connectivity index (χ2v) is 18.2. The topological polar surface area (TPSA) is 199 Å². The van der Waals surface area contributed by atoms with Gasteiger partial charge in [-0.05, 0) is 68.7 Å². The van der Waals surface area contributed by atoms with Gasteiger partial charge in [0.1, 0.15) is 29.3 Å². The van der Waals surface area contributed by atoms with Gasteiger partial charge in [0.2, 0.25) is 28.6 Å². The van der Waals surface area contributed by atoms with Gasteiger partial charge in [0.15, 0.2) is 11.5 Å². The second kappa shape index (κ2) is 13.1. The molecule has 52 heavy (non-hydrogen) atoms. The van der Waals surface area contributed by atoms with Gasteiger partial charge in [0, 0.05) is 25.4 Å². The smallest absolute Gasteiger partial charge is 0.410 e. The first kappa shape index (κ1) is 37.2. The van der Waals surface area contributed by atoms with Gasteiger partial charge in [-0.2, -0.15) is 0 Å². The normalized spacial score (nSPS) is 25.5. The zero-order chi connectivity index (χ0) is 38.0. The van der Waals surface area contributed by atoms with Crippen molar-refractivity contribution >= 4 is 39.9 Å². The molecule has 1 aromatic carbocycles. The number of ether oxygens (including phenoxy) is 4. The van der Waals surface area contributed by atoms with Crippen molar-refractivity contribution in [1.29, 1.82) is 0 Å². The Hall–Kier alpha value is -4.54. The Morgan fingerprint density at radius 2 is 1.63 bits per heavy atom. The highest BCUT2D eigenvalue weighted by Gasteiger charge is 2.62. The summed E-state index contributed by atoms with van der Waals surface area (Å²) >= 11 is 0. The quantitative estimate of drug-likeness (QED) is 0.314. The number of likely N-dealkylation sites (tertiary alicyclic amines) is 1. The average molecular weight is 746 g/mol. The van der Waals surface area contributed by atoms with Crippen molar-refractivity contribution < 1.29 is 51.3 Å². The number of nitrogens with zero attached hydrogens (tertiary/aromatic N) is 2. The van der Waals surface area contributed by atoms with Crippen LogP contribution in [0.5, 0.6) is 11.5 Å². The molecule has 0 spiro atoms. The number of carbonyl (C=O) groups excluding carboxylic acids is 5. The van der Waals surface area contributed by atoms with Crippen molar-refractivity contribution in [2.45, 2.75) is 115 Å². The lowest BCUT2D eigenvalue weighted by atomic mass is 9.85. The molecule has 17 heteroatoms. The maximum atomic E-state index is 14.4. The van der Waals surface area contributed by atoms with Crippen LogP contribution in [0.25, 0.3) is 0 Å². The van der Waals surface area contributed by atoms with E-state index >= 15 is 0 Å². The molecule has 284 valence electrons. The van der Waals surface area contributed by atoms with Crippen LogP contribution in [-0.4, -0.2) is 96.0 Å². The van der Waals surface area contributed by atoms with E-state index < -0.39 is 85.8 Å². The van der Waals surface area contributed by atoms with Crippen LogP contribution in [-0.2, 0) is 47.0 Å². The van der Waals surface area contributed by atoms with Crippen molar-refractivity contribution in [3.63, 3.8) is 0 Å². The molecule has 3 fully saturated rings. The fourth-order valence-corrected chi connectivity index (χ4v) is 8.13. The van der Waals surface area contributed by atoms with Crippen LogP contribution in [0, 0.1) is 11.3 Å². The van der Waals surface area contributed by atoms with Crippen LogP contribution in [0.15, 0.2) is 24.8 Å². The lowest BCUT2D eigenvalue weighted by molar-refractivity contribution is -0.143. The highest BCUT2D eigenvalue weighted by molar-refractivity contribution is 7.91. The SMILES string of the molecule is C=C[C@H]1C[C@@]1(NC(=O)[C@@H]1C[C@@H](OC(=O)N2Cc3cc4c(cc3C2)OCO4)CN1C(=O)[C@@H](NC(=O)OC(C)(C)C)C(C)(C)C)C(=O)NS(=O)(=O)C1CC1. The molecule has 3 N–H and O–H groups in total. The minimum atomic E-state index is -3.92. The Balaban J connectivity index is 1.22. The van der Waals surface area contributed by atoms with Crippen LogP contribution >= 0.6 is 0 Å². The average Bonchev–Trinajstić information content (AvgIpc) is 3.86. The number of alkyl carbamates (subject to hydrolysis) is 1. The van der Waals surface area contributed by atoms with Gasteiger partial charge in [-0.25, -0.2) is 18.0 Å². The largest absolute Gasteiger partial charge is 0.454 e. The first-order valence-electron chi connectivity index (χ1n) is 17.4. The molecule has 0 radical (unpaired) electrons. The number of benzene rings is 1. The molecule has 0 aromatic heterocycles. The maximum Gasteiger partial charge on any atom is 0.410 e. The van der Waals surface area contributed by atoms with Crippen molar-refractivity contribution in [2.75, 3.05) is 13.3 Å². The predicted molar refractivity (Wildman–Crippen MR) is 184 cm³/mol. The van der Waals surface area contributed by atoms with E-state index in [4.69, 9.17) is 18.9 Å². The summed E-state index contributed by atoms with van der Waals surface area (Å²) in [6.45, 7) is 14.4. The number of nitrogens with one attached hydrogen (secondary N) is 3. The molecular weight excluding hydrogens is 698 g/mol. The van der Waals surface area contributed by atoms with Gasteiger partial charge in [-0.15, -0.1) is 6.58 Å². The first-order chi connectivity index (χ1) is 24.2. The third-order valence-corrected chi connectivity index (χ3v) is 11.6. The third-order valence-electron chi connectivity index (χ3n) is 9.81. The molecule has 2 aliphatic carbocycles. The number of hydrogen-bond acceptors (Lipinski definition) is 11. The van der Waals surface area contributed by atoms with Crippen molar-refractivity contribution in [3.05, 3.63) is 35.9 Å². The lowest BCUT2D eigenvalue weighted by Crippen LogP contribution is -2.60. The van der Waals surface area contributed by atoms with Crippen LogP contribution < -0.4 is 24.8 Å². The minimum absolute atomic E-state index is 0.104. The summed E-state index contributed by atoms with van der Waals surface area (Å²) in [7, 11) is -3.92. The molecule has 2 saturated carbocycles. The fraction of sp³-hybridized carbons (Fsp3) is 0.629. The van der Waals surface area contributed by atoms with Gasteiger partial charge in [0.05, 0.1) is 11.8 Å². The molecule has 6 rings (SSSR count). The molecule has 5 amide bonds. The Kier molecular flexibility index (Phi) is 9.41. The van der Waals surface area contributed by atoms with E-state index in [0.29, 0.717) is 24.3 Å². The zero-order valence-electron chi connectivity index (χ0n) is 30.3. The lowest BCUT2D eigenvalue weighted by Gasteiger charge is -2.36. The summed E-state index contributed by atoms with van der Waals surface area (Å²) in [4.78, 5) is 71.1. The van der Waals surface area contributed by atoms with E-state index in [0.717, 1.165) is 11.1 Å². The molecular formula is C35H47N5O11S. The Labute approximate surface area is 302 Å². The van der Waals surface area contributed by atoms with E-state index in [1.54, 1.807) is 41.5 Å². The first-order valence-corrected chi connectivity index (χ1v) is 18.9. The Morgan fingerprint density at radius 1 is 1.02 bits per heavy atom. The number of sulfonamides is 1. The van der Waals surface area contributed by atoms with E-state index in [2.05, 4.69) is 21.9 Å². The van der Waals surface area contributed by atoms with Crippen LogP contribution in [0.2, 0.25) is 0 Å². The number of fused-ring (bicyclic) bond motifs is 2. The molecule has 3 aliphatic heterocycles. The standard InChI is InChI=1S/C35H47N5O11S/c1-8-21-14-35(21,30(43)38-52(46,47)23-9-10-23)37-28(41)24-13-22(17-40(24)29(42)27(33(2,3)4)36-31(44)51-34(5,6)7)50-32(45)39-15-19-11-25-26(49-18-48-25)12-20(19)16-39/h8,11-12,21-24,27H,1,9-10,13-18H2,2-7H3,(H,36,44)(H,37,41)(H,38,43)/t21-,22+,24-,27+,35-/m0/s1. The van der Waals surface area contributed by atoms with Gasteiger partial charge >= 0.3 is 12.2 Å². The molecule has 1 saturated heterocycles. The summed E-state index contributed by atoms with van der Waals surface area (Å²) in [5.74, 6) is -1.64. The molecule has 0 bridgehead atoms. The van der Waals surface area contributed by atoms with E-state index in [1.165, 1.54) is 15.9 Å². The summed E-state index contributed by atoms with van der Waals surface area (Å²) in [5.41, 5.74) is -1.57. The number of carbonyl (C=O) groups is 5. The van der Waals surface area contributed by atoms with Crippen molar-refractivity contribution in [2.24, 2.45) is 11.3 Å². The van der Waals surface area contributed by atoms with Gasteiger partial charge in [-0.1, -0.05) is 26.8 Å². The molecule has 1 aromatic rings. The van der Waals surface area contributed by atoms with Crippen molar-refractivity contribution in [3.8, 4) is 11.5 Å². The van der Waals surface area contributed by atoms with Crippen molar-refractivity contribution in [1.82, 2.24) is 25.2 Å². The summed E-state index contributed by atoms with van der Waals surface area (Å²) in [6, 6.07) is 1.22. The number of amides is 5. The predicted octanol–water partition coefficient (Wildman–Crippen LogP) is 2.45. The monoisotopic (exact) mass is 745 g/mol. The zero-order valence-corrected chi connectivity index (χ0v) is 31.1. The molecule has 5 aliphatic rings. The number of rotatable bonds is 9. The van der Waals surface area contributed by atoms with Gasteiger partial charge in [0.25, 0.3) is 5.91 Å². The van der Waals surface area contributed by atoms with E-state index in [9.17, 15) is 32.4 Å². The molecule has 16 nitrogen and oxygen atoms in total. The van der Waals surface area contributed by atoms with E-state index in [1.807, 2.05) is 12.1 Å². The van der Waals surface area contributed by atoms with E-state index in [-0.39, 0.29) is 39.3 Å². The Morgan fingerprint density at radius 3 is 2.15 bits per heavy atom. The molecule has 5 atom stereocenters. The van der Waals surface area contributed by atoms with Crippen LogP contribution in [0.4, 0.5) is 9.59 Å². The summed E-state index contributed by atoms with van der Waals surface area (Å²) in [5, 5.41) is 4.71. The minimum Gasteiger partial charge on any atom is -0.454 e. The van der Waals surface area contributed by atoms with Crippen LogP contribution in [0.3, 0.4) is 0 Å². The molecule has 0 unspecified atom stereocenters. The maximum absolute atomic E-state index is 14.4. The van der Waals surface area contributed by atoms with Crippen LogP contribution in [0.1, 0.15) is 78.4 Å².